The van der Waals surface area contributed by atoms with E-state index in [1.807, 2.05) is 29.1 Å². The van der Waals surface area contributed by atoms with Gasteiger partial charge in [-0.2, -0.15) is 18.3 Å². The number of nitrogens with zero attached hydrogens (tertiary/aromatic N) is 7. The molecule has 0 spiro atoms. The monoisotopic (exact) mass is 757 g/mol. The highest BCUT2D eigenvalue weighted by molar-refractivity contribution is 6.04. The highest BCUT2D eigenvalue weighted by Crippen LogP contribution is 2.36. The third-order valence-electron chi connectivity index (χ3n) is 11.4. The molecule has 5 aromatic rings. The summed E-state index contributed by atoms with van der Waals surface area (Å²) in [4.78, 5) is 59.0. The van der Waals surface area contributed by atoms with E-state index in [0.29, 0.717) is 23.5 Å². The lowest BCUT2D eigenvalue weighted by Crippen LogP contribution is -2.53. The lowest BCUT2D eigenvalue weighted by atomic mass is 9.85. The second-order valence-electron chi connectivity index (χ2n) is 15.0. The van der Waals surface area contributed by atoms with E-state index in [1.165, 1.54) is 10.6 Å². The second-order valence-corrected chi connectivity index (χ2v) is 15.0. The van der Waals surface area contributed by atoms with Crippen LogP contribution < -0.4 is 21.2 Å². The number of nitrogens with one attached hydrogen (secondary N) is 2. The Morgan fingerprint density at radius 2 is 1.76 bits per heavy atom. The quantitative estimate of drug-likeness (QED) is 0.214. The number of para-hydroxylation sites is 1. The van der Waals surface area contributed by atoms with E-state index in [-0.39, 0.29) is 35.8 Å². The number of hydrogen-bond donors (Lipinski definition) is 2. The van der Waals surface area contributed by atoms with Crippen molar-refractivity contribution >= 4 is 51.0 Å². The average molecular weight is 758 g/mol. The van der Waals surface area contributed by atoms with Crippen LogP contribution in [0.2, 0.25) is 0 Å². The Balaban J connectivity index is 0.873. The van der Waals surface area contributed by atoms with E-state index in [2.05, 4.69) is 32.3 Å². The van der Waals surface area contributed by atoms with Gasteiger partial charge in [0, 0.05) is 63.0 Å². The van der Waals surface area contributed by atoms with Gasteiger partial charge in [-0.15, -0.1) is 0 Å². The zero-order valence-electron chi connectivity index (χ0n) is 30.6. The largest absolute Gasteiger partial charge is 0.433 e. The number of piperidine rings is 1. The number of imidazole rings is 1. The number of aryl methyl sites for hydroxylation is 1. The van der Waals surface area contributed by atoms with Crippen molar-refractivity contribution < 1.29 is 27.6 Å². The number of rotatable bonds is 7. The first-order valence-corrected chi connectivity index (χ1v) is 18.7. The summed E-state index contributed by atoms with van der Waals surface area (Å²) in [5.74, 6) is -0.933. The summed E-state index contributed by atoms with van der Waals surface area (Å²) >= 11 is 0. The maximum absolute atomic E-state index is 13.5. The predicted octanol–water partition coefficient (Wildman–Crippen LogP) is 5.28. The molecule has 8 rings (SSSR count). The molecule has 2 saturated heterocycles. The fourth-order valence-electron chi connectivity index (χ4n) is 8.54. The van der Waals surface area contributed by atoms with Gasteiger partial charge in [0.25, 0.3) is 5.91 Å². The van der Waals surface area contributed by atoms with Gasteiger partial charge in [0.2, 0.25) is 11.8 Å². The molecule has 1 unspecified atom stereocenters. The first-order chi connectivity index (χ1) is 26.3. The molecule has 2 atom stereocenters. The molecule has 16 heteroatoms. The Morgan fingerprint density at radius 3 is 2.51 bits per heavy atom. The standard InChI is InChI=1S/C39H42F3N9O4/c1-23-20-49(30-6-4-7-31-35(30)47(2)38(55)51(31)32-15-16-34(52)45-37(32)54)18-17-48(23)21-24-9-12-27(13-10-24)50-22-25-19-26(11-14-28(25)46-50)43-36(53)29-5-3-8-33(44-29)39(40,41)42/h3-8,11,14,19,22-24,27,32H,9-10,12-13,15-18,20-21H2,1-2H3,(H,43,53)(H,45,52,54)/t23-,24-,27-,32?/m0/s1. The molecule has 5 heterocycles. The molecule has 288 valence electrons. The van der Waals surface area contributed by atoms with Crippen LogP contribution in [0.5, 0.6) is 0 Å². The minimum absolute atomic E-state index is 0.196. The van der Waals surface area contributed by atoms with Gasteiger partial charge in [0.15, 0.2) is 0 Å². The maximum Gasteiger partial charge on any atom is 0.433 e. The van der Waals surface area contributed by atoms with Gasteiger partial charge in [-0.3, -0.25) is 38.4 Å². The van der Waals surface area contributed by atoms with Crippen LogP contribution >= 0.6 is 0 Å². The van der Waals surface area contributed by atoms with E-state index >= 15 is 0 Å². The molecule has 0 bridgehead atoms. The number of halogens is 3. The zero-order chi connectivity index (χ0) is 38.6. The summed E-state index contributed by atoms with van der Waals surface area (Å²) in [6.07, 6.45) is 1.91. The SMILES string of the molecule is C[C@H]1CN(c2cccc3c2n(C)c(=O)n3C2CCC(=O)NC2=O)CCN1C[C@H]1CC[C@H](n2cc3cc(NC(=O)c4cccc(C(F)(F)F)n4)ccc3n2)CC1. The molecule has 3 fully saturated rings. The summed E-state index contributed by atoms with van der Waals surface area (Å²) in [5, 5.41) is 10.7. The molecule has 3 aromatic heterocycles. The number of carbonyl (C=O) groups is 3. The number of alkyl halides is 3. The molecular formula is C39H42F3N9O4. The average Bonchev–Trinajstić information content (AvgIpc) is 3.70. The van der Waals surface area contributed by atoms with Crippen LogP contribution in [0.1, 0.15) is 73.7 Å². The van der Waals surface area contributed by atoms with Crippen molar-refractivity contribution in [2.45, 2.75) is 69.8 Å². The van der Waals surface area contributed by atoms with Crippen molar-refractivity contribution in [3.63, 3.8) is 0 Å². The van der Waals surface area contributed by atoms with Crippen LogP contribution in [0.3, 0.4) is 0 Å². The van der Waals surface area contributed by atoms with Gasteiger partial charge >= 0.3 is 11.9 Å². The third kappa shape index (κ3) is 7.10. The Bertz CT molecular complexity index is 2360. The summed E-state index contributed by atoms with van der Waals surface area (Å²) < 4.78 is 44.4. The van der Waals surface area contributed by atoms with Crippen molar-refractivity contribution in [3.8, 4) is 0 Å². The minimum atomic E-state index is -4.64. The number of anilines is 2. The molecule has 1 saturated carbocycles. The van der Waals surface area contributed by atoms with E-state index in [1.54, 1.807) is 29.8 Å². The topological polar surface area (TPSA) is 139 Å². The molecule has 1 aliphatic carbocycles. The number of hydrogen-bond acceptors (Lipinski definition) is 8. The smallest absolute Gasteiger partial charge is 0.367 e. The number of aromatic nitrogens is 5. The number of benzene rings is 2. The Hall–Kier alpha value is -5.51. The molecule has 3 aliphatic rings. The molecule has 2 aliphatic heterocycles. The molecular weight excluding hydrogens is 715 g/mol. The summed E-state index contributed by atoms with van der Waals surface area (Å²) in [5.41, 5.74) is 1.95. The number of pyridine rings is 1. The van der Waals surface area contributed by atoms with Crippen LogP contribution in [-0.2, 0) is 22.8 Å². The highest BCUT2D eigenvalue weighted by atomic mass is 19.4. The maximum atomic E-state index is 13.5. The van der Waals surface area contributed by atoms with E-state index in [9.17, 15) is 32.3 Å². The van der Waals surface area contributed by atoms with Crippen LogP contribution in [-0.4, -0.2) is 78.7 Å². The van der Waals surface area contributed by atoms with Crippen molar-refractivity contribution in [2.75, 3.05) is 36.4 Å². The molecule has 55 heavy (non-hydrogen) atoms. The van der Waals surface area contributed by atoms with E-state index < -0.39 is 29.7 Å². The Morgan fingerprint density at radius 1 is 0.982 bits per heavy atom. The summed E-state index contributed by atoms with van der Waals surface area (Å²) in [6, 6.07) is 14.1. The first kappa shape index (κ1) is 36.5. The number of imide groups is 1. The minimum Gasteiger partial charge on any atom is -0.367 e. The van der Waals surface area contributed by atoms with Crippen LogP contribution in [0.15, 0.2) is 65.6 Å². The van der Waals surface area contributed by atoms with Crippen molar-refractivity contribution in [3.05, 3.63) is 82.7 Å². The van der Waals surface area contributed by atoms with Gasteiger partial charge in [-0.05, 0) is 87.4 Å². The van der Waals surface area contributed by atoms with Crippen molar-refractivity contribution in [2.24, 2.45) is 13.0 Å². The lowest BCUT2D eigenvalue weighted by molar-refractivity contribution is -0.141. The Kier molecular flexibility index (Phi) is 9.47. The van der Waals surface area contributed by atoms with Gasteiger partial charge < -0.3 is 10.2 Å². The summed E-state index contributed by atoms with van der Waals surface area (Å²) in [7, 11) is 1.74. The molecule has 0 radical (unpaired) electrons. The lowest BCUT2D eigenvalue weighted by Gasteiger charge is -2.43. The normalized spacial score (nSPS) is 22.7. The second kappa shape index (κ2) is 14.3. The number of fused-ring (bicyclic) bond motifs is 2. The van der Waals surface area contributed by atoms with Crippen LogP contribution in [0.25, 0.3) is 21.9 Å². The van der Waals surface area contributed by atoms with Crippen molar-refractivity contribution in [1.82, 2.24) is 34.1 Å². The van der Waals surface area contributed by atoms with Gasteiger partial charge in [-0.1, -0.05) is 12.1 Å². The van der Waals surface area contributed by atoms with Gasteiger partial charge in [-0.25, -0.2) is 9.78 Å². The van der Waals surface area contributed by atoms with Gasteiger partial charge in [0.1, 0.15) is 17.4 Å². The zero-order valence-corrected chi connectivity index (χ0v) is 30.6. The molecule has 2 N–H and O–H groups in total. The molecule has 3 amide bonds. The van der Waals surface area contributed by atoms with E-state index in [0.717, 1.165) is 86.1 Å². The Labute approximate surface area is 314 Å². The highest BCUT2D eigenvalue weighted by Gasteiger charge is 2.35. The first-order valence-electron chi connectivity index (χ1n) is 18.7. The number of piperazine rings is 1. The van der Waals surface area contributed by atoms with Gasteiger partial charge in [0.05, 0.1) is 28.3 Å². The fraction of sp³-hybridized carbons (Fsp3) is 0.436. The molecule has 13 nitrogen and oxygen atoms in total. The van der Waals surface area contributed by atoms with E-state index in [4.69, 9.17) is 5.10 Å². The molecule has 2 aromatic carbocycles. The fourth-order valence-corrected chi connectivity index (χ4v) is 8.54. The van der Waals surface area contributed by atoms with Crippen LogP contribution in [0, 0.1) is 5.92 Å². The number of amides is 3. The van der Waals surface area contributed by atoms with Crippen LogP contribution in [0.4, 0.5) is 24.5 Å². The van der Waals surface area contributed by atoms with Crippen molar-refractivity contribution in [1.29, 1.82) is 0 Å². The number of carbonyl (C=O) groups excluding carboxylic acids is 3. The summed E-state index contributed by atoms with van der Waals surface area (Å²) in [6.45, 7) is 5.72. The third-order valence-corrected chi connectivity index (χ3v) is 11.4. The predicted molar refractivity (Wildman–Crippen MR) is 200 cm³/mol.